The van der Waals surface area contributed by atoms with Gasteiger partial charge in [0.15, 0.2) is 0 Å². The van der Waals surface area contributed by atoms with Gasteiger partial charge in [0.1, 0.15) is 0 Å². The number of halogens is 3. The van der Waals surface area contributed by atoms with E-state index in [1.807, 2.05) is 0 Å². The Balaban J connectivity index is 3.17. The van der Waals surface area contributed by atoms with Crippen molar-refractivity contribution in [1.82, 2.24) is 0 Å². The van der Waals surface area contributed by atoms with Gasteiger partial charge in [0.2, 0.25) is 0 Å². The Kier molecular flexibility index (Phi) is 7.41. The van der Waals surface area contributed by atoms with Gasteiger partial charge in [0.25, 0.3) is 0 Å². The number of alkyl halides is 3. The molecule has 2 nitrogen and oxygen atoms in total. The van der Waals surface area contributed by atoms with Gasteiger partial charge in [-0.1, -0.05) is 0 Å². The van der Waals surface area contributed by atoms with Crippen molar-refractivity contribution in [2.75, 3.05) is 14.4 Å². The van der Waals surface area contributed by atoms with Crippen LogP contribution in [-0.4, -0.2) is 14.4 Å². The van der Waals surface area contributed by atoms with E-state index in [4.69, 9.17) is 9.68 Å². The molecule has 0 aliphatic rings. The SMILES string of the molecule is CI(N)I(C)[I-]CN. The molecule has 5 heteroatoms. The molecule has 8 heavy (non-hydrogen) atoms. The Labute approximate surface area is 68.0 Å². The average molecular weight is 457 g/mol. The zero-order valence-electron chi connectivity index (χ0n) is 5.00. The molecule has 0 saturated heterocycles. The molecule has 0 spiro atoms. The summed E-state index contributed by atoms with van der Waals surface area (Å²) >= 11 is -0.909. The second-order valence-corrected chi connectivity index (χ2v) is 46.3. The third-order valence-corrected chi connectivity index (χ3v) is 54.5. The van der Waals surface area contributed by atoms with Gasteiger partial charge in [-0.2, -0.15) is 0 Å². The Bertz CT molecular complexity index is 58.5. The molecule has 0 aliphatic heterocycles. The molecule has 0 bridgehead atoms. The molecule has 0 aromatic rings. The van der Waals surface area contributed by atoms with E-state index in [2.05, 4.69) is 9.86 Å². The Hall–Kier alpha value is 2.11. The molecule has 0 saturated carbocycles. The van der Waals surface area contributed by atoms with Gasteiger partial charge < -0.3 is 0 Å². The fourth-order valence-corrected chi connectivity index (χ4v) is 27.5. The van der Waals surface area contributed by atoms with Crippen molar-refractivity contribution in [3.63, 3.8) is 0 Å². The summed E-state index contributed by atoms with van der Waals surface area (Å²) in [5.74, 6) is 0. The van der Waals surface area contributed by atoms with Gasteiger partial charge in [0, 0.05) is 0 Å². The Morgan fingerprint density at radius 3 is 2.12 bits per heavy atom. The maximum atomic E-state index is 5.82. The van der Waals surface area contributed by atoms with Crippen molar-refractivity contribution in [1.29, 1.82) is 0 Å². The third kappa shape index (κ3) is 4.94. The Morgan fingerprint density at radius 1 is 1.50 bits per heavy atom. The van der Waals surface area contributed by atoms with Gasteiger partial charge in [-0.25, -0.2) is 0 Å². The zero-order chi connectivity index (χ0) is 6.57. The minimum absolute atomic E-state index is 0.404. The summed E-state index contributed by atoms with van der Waals surface area (Å²) in [6.07, 6.45) is 0. The molecule has 0 heterocycles. The van der Waals surface area contributed by atoms with E-state index in [0.29, 0.717) is 17.2 Å². The Morgan fingerprint density at radius 2 is 2.00 bits per heavy atom. The normalized spacial score (nSPS) is 14.0. The van der Waals surface area contributed by atoms with Crippen LogP contribution >= 0.6 is 28.0 Å². The van der Waals surface area contributed by atoms with Gasteiger partial charge in [0.05, 0.1) is 0 Å². The molecule has 0 amide bonds. The van der Waals surface area contributed by atoms with Crippen LogP contribution in [-0.2, 0) is 0 Å². The van der Waals surface area contributed by atoms with Crippen LogP contribution in [0.25, 0.3) is 0 Å². The van der Waals surface area contributed by atoms with Crippen LogP contribution in [0.3, 0.4) is 0 Å². The quantitative estimate of drug-likeness (QED) is 0.223. The first-order chi connectivity index (χ1) is 3.68. The summed E-state index contributed by atoms with van der Waals surface area (Å²) in [5, 5.41) is 0. The van der Waals surface area contributed by atoms with E-state index in [-0.39, 0.29) is 0 Å². The van der Waals surface area contributed by atoms with Crippen LogP contribution in [0.4, 0.5) is 0 Å². The van der Waals surface area contributed by atoms with Crippen molar-refractivity contribution >= 4 is 28.0 Å². The zero-order valence-corrected chi connectivity index (χ0v) is 11.5. The summed E-state index contributed by atoms with van der Waals surface area (Å²) < 4.78 is 6.79. The van der Waals surface area contributed by atoms with Gasteiger partial charge >= 0.3 is 69.3 Å². The van der Waals surface area contributed by atoms with Crippen molar-refractivity contribution in [2.24, 2.45) is 9.68 Å². The topological polar surface area (TPSA) is 52.0 Å². The van der Waals surface area contributed by atoms with E-state index in [9.17, 15) is 0 Å². The van der Waals surface area contributed by atoms with Crippen molar-refractivity contribution in [3.05, 3.63) is 0 Å². The van der Waals surface area contributed by atoms with E-state index in [1.165, 1.54) is 0 Å². The van der Waals surface area contributed by atoms with Crippen molar-refractivity contribution in [2.45, 2.75) is 0 Å². The number of rotatable bonds is 3. The molecule has 56 valence electrons. The average Bonchev–Trinajstić information content (AvgIpc) is 1.67. The molecular formula is C3H12I3N2-. The first kappa shape index (κ1) is 10.1. The minimum atomic E-state index is -0.804. The molecule has 0 aliphatic carbocycles. The molecule has 0 aromatic carbocycles. The first-order valence-corrected chi connectivity index (χ1v) is 21.6. The van der Waals surface area contributed by atoms with Crippen LogP contribution in [0.1, 0.15) is 0 Å². The second-order valence-electron chi connectivity index (χ2n) is 1.04. The molecule has 0 unspecified atom stereocenters. The van der Waals surface area contributed by atoms with Gasteiger partial charge in [-0.15, -0.1) is 0 Å². The van der Waals surface area contributed by atoms with Crippen LogP contribution in [0, 0.1) is 0 Å². The van der Waals surface area contributed by atoms with E-state index >= 15 is 0 Å². The fraction of sp³-hybridized carbons (Fsp3) is 1.00. The predicted molar refractivity (Wildman–Crippen MR) is 53.1 cm³/mol. The molecule has 0 fully saturated rings. The van der Waals surface area contributed by atoms with Crippen molar-refractivity contribution < 1.29 is 17.2 Å². The fourth-order valence-electron chi connectivity index (χ4n) is 0.141. The standard InChI is InChI=1S/C3H12I3N2/c1-5(4-3-7)6(2)8/h3,7-8H2,1-2H3/q-1. The van der Waals surface area contributed by atoms with Crippen molar-refractivity contribution in [3.8, 4) is 0 Å². The van der Waals surface area contributed by atoms with Crippen LogP contribution in [0.2, 0.25) is 0 Å². The summed E-state index contributed by atoms with van der Waals surface area (Å²) in [5.41, 5.74) is 5.42. The van der Waals surface area contributed by atoms with Crippen LogP contribution < -0.4 is 26.9 Å². The van der Waals surface area contributed by atoms with Gasteiger partial charge in [-0.05, 0) is 0 Å². The van der Waals surface area contributed by atoms with Gasteiger partial charge in [-0.3, -0.25) is 0 Å². The maximum absolute atomic E-state index is 5.82. The third-order valence-electron chi connectivity index (χ3n) is 0.508. The molecule has 0 aromatic heterocycles. The summed E-state index contributed by atoms with van der Waals surface area (Å²) in [7, 11) is 0. The van der Waals surface area contributed by atoms with E-state index < -0.39 is 28.0 Å². The predicted octanol–water partition coefficient (Wildman–Crippen LogP) is -2.03. The molecule has 0 radical (unpaired) electrons. The summed E-state index contributed by atoms with van der Waals surface area (Å²) in [6.45, 7) is 0. The first-order valence-electron chi connectivity index (χ1n) is 1.94. The summed E-state index contributed by atoms with van der Waals surface area (Å²) in [4.78, 5) is 4.67. The molecule has 4 N–H and O–H groups in total. The molecule has 0 rings (SSSR count). The number of hydrogen-bond donors (Lipinski definition) is 2. The second kappa shape index (κ2) is 5.86. The van der Waals surface area contributed by atoms with E-state index in [1.54, 1.807) is 0 Å². The van der Waals surface area contributed by atoms with E-state index in [0.717, 1.165) is 4.55 Å². The molecule has 0 atom stereocenters. The molecular weight excluding hydrogens is 445 g/mol. The van der Waals surface area contributed by atoms with Crippen LogP contribution in [0.5, 0.6) is 0 Å². The van der Waals surface area contributed by atoms with Crippen LogP contribution in [0.15, 0.2) is 0 Å². The summed E-state index contributed by atoms with van der Waals surface area (Å²) in [6, 6.07) is 0. The number of hydrogen-bond acceptors (Lipinski definition) is 2. The number of nitrogens with two attached hydrogens (primary N) is 2. The monoisotopic (exact) mass is 457 g/mol.